The molecule has 1 aliphatic rings. The van der Waals surface area contributed by atoms with Crippen molar-refractivity contribution in [1.29, 1.82) is 0 Å². The fourth-order valence-electron chi connectivity index (χ4n) is 2.70. The van der Waals surface area contributed by atoms with Gasteiger partial charge < -0.3 is 9.42 Å². The van der Waals surface area contributed by atoms with E-state index in [0.29, 0.717) is 18.3 Å². The predicted molar refractivity (Wildman–Crippen MR) is 89.6 cm³/mol. The zero-order valence-corrected chi connectivity index (χ0v) is 14.6. The topological polar surface area (TPSA) is 62.5 Å². The molecule has 0 saturated carbocycles. The van der Waals surface area contributed by atoms with Gasteiger partial charge in [0.15, 0.2) is 0 Å². The smallest absolute Gasteiger partial charge is 0.241 e. The van der Waals surface area contributed by atoms with Gasteiger partial charge in [-0.15, -0.1) is 0 Å². The summed E-state index contributed by atoms with van der Waals surface area (Å²) in [5.74, 6) is 1.35. The largest absolute Gasteiger partial charge is 0.342 e. The summed E-state index contributed by atoms with van der Waals surface area (Å²) in [5.41, 5.74) is 0.924. The molecule has 1 saturated heterocycles. The second-order valence-electron chi connectivity index (χ2n) is 5.66. The summed E-state index contributed by atoms with van der Waals surface area (Å²) in [6, 6.07) is 7.82. The number of carbonyl (C=O) groups is 1. The highest BCUT2D eigenvalue weighted by Crippen LogP contribution is 2.20. The lowest BCUT2D eigenvalue weighted by atomic mass is 10.2. The van der Waals surface area contributed by atoms with Crippen LogP contribution < -0.4 is 0 Å². The van der Waals surface area contributed by atoms with Crippen LogP contribution in [0.2, 0.25) is 0 Å². The highest BCUT2D eigenvalue weighted by Gasteiger charge is 2.19. The fraction of sp³-hybridized carbons (Fsp3) is 0.438. The van der Waals surface area contributed by atoms with Crippen molar-refractivity contribution in [2.24, 2.45) is 0 Å². The molecule has 1 aromatic carbocycles. The Bertz CT molecular complexity index is 688. The lowest BCUT2D eigenvalue weighted by Gasteiger charge is -2.19. The second kappa shape index (κ2) is 7.23. The first-order valence-electron chi connectivity index (χ1n) is 7.68. The number of hydrogen-bond acceptors (Lipinski definition) is 5. The number of aromatic nitrogens is 2. The van der Waals surface area contributed by atoms with Gasteiger partial charge in [0.1, 0.15) is 0 Å². The molecule has 0 N–H and O–H groups in total. The molecule has 23 heavy (non-hydrogen) atoms. The Morgan fingerprint density at radius 3 is 2.96 bits per heavy atom. The van der Waals surface area contributed by atoms with Gasteiger partial charge in [-0.1, -0.05) is 33.2 Å². The zero-order chi connectivity index (χ0) is 16.2. The van der Waals surface area contributed by atoms with E-state index in [0.717, 1.165) is 42.6 Å². The van der Waals surface area contributed by atoms with Crippen LogP contribution in [0.5, 0.6) is 0 Å². The molecular weight excluding hydrogens is 360 g/mol. The summed E-state index contributed by atoms with van der Waals surface area (Å²) >= 11 is 3.45. The van der Waals surface area contributed by atoms with E-state index >= 15 is 0 Å². The Labute approximate surface area is 143 Å². The normalized spacial score (nSPS) is 16.3. The summed E-state index contributed by atoms with van der Waals surface area (Å²) in [7, 11) is 0. The van der Waals surface area contributed by atoms with Gasteiger partial charge >= 0.3 is 0 Å². The molecule has 1 amide bonds. The van der Waals surface area contributed by atoms with Crippen LogP contribution in [-0.4, -0.2) is 52.0 Å². The highest BCUT2D eigenvalue weighted by atomic mass is 79.9. The van der Waals surface area contributed by atoms with Gasteiger partial charge in [-0.2, -0.15) is 4.98 Å². The molecule has 122 valence electrons. The molecule has 1 aromatic heterocycles. The van der Waals surface area contributed by atoms with E-state index in [2.05, 4.69) is 31.0 Å². The maximum atomic E-state index is 11.5. The summed E-state index contributed by atoms with van der Waals surface area (Å²) in [4.78, 5) is 20.1. The molecule has 0 aliphatic carbocycles. The number of carbonyl (C=O) groups excluding carboxylic acids is 1. The molecular formula is C16H19BrN4O2. The Morgan fingerprint density at radius 2 is 2.17 bits per heavy atom. The summed E-state index contributed by atoms with van der Waals surface area (Å²) < 4.78 is 6.36. The molecule has 7 heteroatoms. The minimum absolute atomic E-state index is 0.140. The number of rotatable bonds is 3. The van der Waals surface area contributed by atoms with Gasteiger partial charge in [0.05, 0.1) is 6.54 Å². The summed E-state index contributed by atoms with van der Waals surface area (Å²) in [5, 5.41) is 4.06. The number of hydrogen-bond donors (Lipinski definition) is 0. The molecule has 1 aliphatic heterocycles. The average molecular weight is 379 g/mol. The zero-order valence-electron chi connectivity index (χ0n) is 13.0. The van der Waals surface area contributed by atoms with Gasteiger partial charge in [-0.05, 0) is 18.6 Å². The minimum atomic E-state index is 0.140. The van der Waals surface area contributed by atoms with Crippen molar-refractivity contribution in [3.63, 3.8) is 0 Å². The number of nitrogens with zero attached hydrogens (tertiary/aromatic N) is 4. The molecule has 0 spiro atoms. The van der Waals surface area contributed by atoms with Crippen molar-refractivity contribution >= 4 is 21.8 Å². The third-order valence-electron chi connectivity index (χ3n) is 3.94. The van der Waals surface area contributed by atoms with Gasteiger partial charge in [0, 0.05) is 43.1 Å². The van der Waals surface area contributed by atoms with Crippen molar-refractivity contribution in [1.82, 2.24) is 19.9 Å². The monoisotopic (exact) mass is 378 g/mol. The van der Waals surface area contributed by atoms with E-state index in [1.807, 2.05) is 29.2 Å². The fourth-order valence-corrected chi connectivity index (χ4v) is 3.10. The summed E-state index contributed by atoms with van der Waals surface area (Å²) in [6.45, 7) is 5.57. The van der Waals surface area contributed by atoms with E-state index in [1.165, 1.54) is 0 Å². The minimum Gasteiger partial charge on any atom is -0.342 e. The van der Waals surface area contributed by atoms with Crippen molar-refractivity contribution in [3.05, 3.63) is 34.6 Å². The van der Waals surface area contributed by atoms with Crippen LogP contribution in [0, 0.1) is 0 Å². The highest BCUT2D eigenvalue weighted by molar-refractivity contribution is 9.10. The molecule has 0 radical (unpaired) electrons. The lowest BCUT2D eigenvalue weighted by molar-refractivity contribution is -0.128. The molecule has 6 nitrogen and oxygen atoms in total. The van der Waals surface area contributed by atoms with Crippen LogP contribution in [0.15, 0.2) is 33.3 Å². The van der Waals surface area contributed by atoms with Crippen LogP contribution in [0.4, 0.5) is 0 Å². The third kappa shape index (κ3) is 4.17. The Morgan fingerprint density at radius 1 is 1.30 bits per heavy atom. The van der Waals surface area contributed by atoms with Gasteiger partial charge in [0.25, 0.3) is 0 Å². The molecule has 1 fully saturated rings. The standard InChI is InChI=1S/C16H19BrN4O2/c1-12(22)21-7-3-6-20(8-9-21)11-15-18-16(19-23-15)13-4-2-5-14(17)10-13/h2,4-5,10H,3,6-9,11H2,1H3. The molecule has 2 aromatic rings. The van der Waals surface area contributed by atoms with Crippen LogP contribution in [0.3, 0.4) is 0 Å². The molecule has 2 heterocycles. The van der Waals surface area contributed by atoms with E-state index < -0.39 is 0 Å². The van der Waals surface area contributed by atoms with Crippen LogP contribution in [-0.2, 0) is 11.3 Å². The first-order valence-corrected chi connectivity index (χ1v) is 8.47. The maximum absolute atomic E-state index is 11.5. The average Bonchev–Trinajstić information content (AvgIpc) is 2.85. The lowest BCUT2D eigenvalue weighted by Crippen LogP contribution is -2.33. The quantitative estimate of drug-likeness (QED) is 0.820. The van der Waals surface area contributed by atoms with Crippen molar-refractivity contribution in [2.75, 3.05) is 26.2 Å². The van der Waals surface area contributed by atoms with Gasteiger partial charge in [-0.25, -0.2) is 0 Å². The van der Waals surface area contributed by atoms with Crippen molar-refractivity contribution in [3.8, 4) is 11.4 Å². The van der Waals surface area contributed by atoms with E-state index in [9.17, 15) is 4.79 Å². The third-order valence-corrected chi connectivity index (χ3v) is 4.44. The van der Waals surface area contributed by atoms with Crippen molar-refractivity contribution < 1.29 is 9.32 Å². The number of benzene rings is 1. The predicted octanol–water partition coefficient (Wildman–Crippen LogP) is 2.55. The van der Waals surface area contributed by atoms with E-state index in [4.69, 9.17) is 4.52 Å². The Balaban J connectivity index is 1.64. The molecule has 3 rings (SSSR count). The van der Waals surface area contributed by atoms with Crippen molar-refractivity contribution in [2.45, 2.75) is 19.9 Å². The van der Waals surface area contributed by atoms with E-state index in [1.54, 1.807) is 6.92 Å². The molecule has 0 atom stereocenters. The van der Waals surface area contributed by atoms with Crippen LogP contribution >= 0.6 is 15.9 Å². The van der Waals surface area contributed by atoms with Gasteiger partial charge in [0.2, 0.25) is 17.6 Å². The SMILES string of the molecule is CC(=O)N1CCCN(Cc2nc(-c3cccc(Br)c3)no2)CC1. The van der Waals surface area contributed by atoms with Gasteiger partial charge in [-0.3, -0.25) is 9.69 Å². The Hall–Kier alpha value is -1.73. The number of halogens is 1. The van der Waals surface area contributed by atoms with E-state index in [-0.39, 0.29) is 5.91 Å². The Kier molecular flexibility index (Phi) is 5.07. The maximum Gasteiger partial charge on any atom is 0.241 e. The second-order valence-corrected chi connectivity index (χ2v) is 6.57. The first-order chi connectivity index (χ1) is 11.1. The summed E-state index contributed by atoms with van der Waals surface area (Å²) in [6.07, 6.45) is 0.964. The molecule has 0 unspecified atom stereocenters. The van der Waals surface area contributed by atoms with Crippen LogP contribution in [0.1, 0.15) is 19.2 Å². The number of amides is 1. The first kappa shape index (κ1) is 16.1. The van der Waals surface area contributed by atoms with Crippen LogP contribution in [0.25, 0.3) is 11.4 Å². The molecule has 0 bridgehead atoms.